The van der Waals surface area contributed by atoms with Crippen LogP contribution in [0.15, 0.2) is 23.1 Å². The minimum atomic E-state index is -3.35. The number of carbonyl (C=O) groups is 1. The van der Waals surface area contributed by atoms with Crippen molar-refractivity contribution >= 4 is 15.7 Å². The van der Waals surface area contributed by atoms with Crippen LogP contribution >= 0.6 is 0 Å². The molecule has 122 valence electrons. The van der Waals surface area contributed by atoms with Gasteiger partial charge in [-0.05, 0) is 50.8 Å². The van der Waals surface area contributed by atoms with Crippen LogP contribution in [0.5, 0.6) is 0 Å². The van der Waals surface area contributed by atoms with Crippen LogP contribution in [0.2, 0.25) is 0 Å². The Morgan fingerprint density at radius 1 is 1.36 bits per heavy atom. The number of piperidine rings is 1. The number of sulfone groups is 1. The monoisotopic (exact) mass is 324 g/mol. The maximum absolute atomic E-state index is 12.8. The third-order valence-corrected chi connectivity index (χ3v) is 5.49. The van der Waals surface area contributed by atoms with Crippen LogP contribution in [-0.4, -0.2) is 44.1 Å². The van der Waals surface area contributed by atoms with E-state index in [2.05, 4.69) is 0 Å². The van der Waals surface area contributed by atoms with Crippen molar-refractivity contribution in [3.8, 4) is 0 Å². The molecule has 0 radical (unpaired) electrons. The van der Waals surface area contributed by atoms with E-state index in [0.717, 1.165) is 25.5 Å². The molecule has 1 aliphatic rings. The number of benzene rings is 1. The molecule has 2 atom stereocenters. The van der Waals surface area contributed by atoms with E-state index < -0.39 is 9.84 Å². The van der Waals surface area contributed by atoms with Gasteiger partial charge in [0.05, 0.1) is 4.90 Å². The number of hydrogen-bond acceptors (Lipinski definition) is 4. The minimum absolute atomic E-state index is 0.0178. The molecular weight excluding hydrogens is 300 g/mol. The molecule has 2 rings (SSSR count). The molecule has 2 N–H and O–H groups in total. The molecule has 1 saturated heterocycles. The summed E-state index contributed by atoms with van der Waals surface area (Å²) in [6.07, 6.45) is 4.08. The quantitative estimate of drug-likeness (QED) is 0.918. The van der Waals surface area contributed by atoms with Gasteiger partial charge in [-0.3, -0.25) is 4.79 Å². The van der Waals surface area contributed by atoms with Crippen LogP contribution in [0.3, 0.4) is 0 Å². The smallest absolute Gasteiger partial charge is 0.254 e. The lowest BCUT2D eigenvalue weighted by atomic mass is 9.96. The fraction of sp³-hybridized carbons (Fsp3) is 0.562. The van der Waals surface area contributed by atoms with E-state index in [1.54, 1.807) is 24.0 Å². The number of amides is 1. The van der Waals surface area contributed by atoms with Crippen LogP contribution in [0.1, 0.15) is 42.1 Å². The summed E-state index contributed by atoms with van der Waals surface area (Å²) < 4.78 is 23.7. The standard InChI is InChI=1S/C16H24N2O3S/c1-11-7-8-13(10-15(11)22(3,20)21)16(19)18-9-5-4-6-14(18)12(2)17/h7-8,10,12,14H,4-6,9,17H2,1-3H3/t12-,14+/m1/s1. The van der Waals surface area contributed by atoms with E-state index >= 15 is 0 Å². The first-order valence-electron chi connectivity index (χ1n) is 7.59. The first kappa shape index (κ1) is 17.0. The number of carbonyl (C=O) groups excluding carboxylic acids is 1. The van der Waals surface area contributed by atoms with Crippen molar-refractivity contribution in [2.24, 2.45) is 5.73 Å². The first-order chi connectivity index (χ1) is 10.2. The molecule has 1 fully saturated rings. The van der Waals surface area contributed by atoms with E-state index in [4.69, 9.17) is 5.73 Å². The number of hydrogen-bond donors (Lipinski definition) is 1. The van der Waals surface area contributed by atoms with Crippen molar-refractivity contribution in [1.82, 2.24) is 4.90 Å². The SMILES string of the molecule is Cc1ccc(C(=O)N2CCCC[C@H]2[C@@H](C)N)cc1S(C)(=O)=O. The van der Waals surface area contributed by atoms with Crippen LogP contribution in [0.25, 0.3) is 0 Å². The second-order valence-electron chi connectivity index (χ2n) is 6.17. The normalized spacial score (nSPS) is 20.7. The highest BCUT2D eigenvalue weighted by Gasteiger charge is 2.30. The first-order valence-corrected chi connectivity index (χ1v) is 9.48. The molecule has 1 amide bonds. The maximum Gasteiger partial charge on any atom is 0.254 e. The molecule has 1 aromatic carbocycles. The van der Waals surface area contributed by atoms with E-state index in [1.165, 1.54) is 6.07 Å². The lowest BCUT2D eigenvalue weighted by molar-refractivity contribution is 0.0583. The Balaban J connectivity index is 2.37. The van der Waals surface area contributed by atoms with Crippen molar-refractivity contribution in [1.29, 1.82) is 0 Å². The minimum Gasteiger partial charge on any atom is -0.334 e. The Hall–Kier alpha value is -1.40. The Bertz CT molecular complexity index is 668. The molecule has 5 nitrogen and oxygen atoms in total. The predicted molar refractivity (Wildman–Crippen MR) is 86.6 cm³/mol. The molecule has 1 aliphatic heterocycles. The number of aryl methyl sites for hydroxylation is 1. The van der Waals surface area contributed by atoms with Gasteiger partial charge in [0.15, 0.2) is 9.84 Å². The van der Waals surface area contributed by atoms with Gasteiger partial charge in [0, 0.05) is 30.4 Å². The second kappa shape index (κ2) is 6.38. The van der Waals surface area contributed by atoms with E-state index in [0.29, 0.717) is 17.7 Å². The average molecular weight is 324 g/mol. The van der Waals surface area contributed by atoms with Crippen molar-refractivity contribution in [3.63, 3.8) is 0 Å². The second-order valence-corrected chi connectivity index (χ2v) is 8.16. The fourth-order valence-electron chi connectivity index (χ4n) is 3.05. The lowest BCUT2D eigenvalue weighted by Gasteiger charge is -2.38. The molecule has 0 spiro atoms. The molecular formula is C16H24N2O3S. The van der Waals surface area contributed by atoms with Gasteiger partial charge in [-0.15, -0.1) is 0 Å². The van der Waals surface area contributed by atoms with Gasteiger partial charge in [0.2, 0.25) is 0 Å². The van der Waals surface area contributed by atoms with Gasteiger partial charge in [0.25, 0.3) is 5.91 Å². The van der Waals surface area contributed by atoms with Crippen LogP contribution in [0, 0.1) is 6.92 Å². The third-order valence-electron chi connectivity index (χ3n) is 4.25. The Morgan fingerprint density at radius 2 is 2.05 bits per heavy atom. The van der Waals surface area contributed by atoms with Crippen LogP contribution in [0.4, 0.5) is 0 Å². The molecule has 1 aromatic rings. The number of nitrogens with zero attached hydrogens (tertiary/aromatic N) is 1. The molecule has 0 bridgehead atoms. The summed E-state index contributed by atoms with van der Waals surface area (Å²) in [5.74, 6) is -0.132. The topological polar surface area (TPSA) is 80.5 Å². The Kier molecular flexibility index (Phi) is 4.92. The lowest BCUT2D eigenvalue weighted by Crippen LogP contribution is -2.51. The summed E-state index contributed by atoms with van der Waals surface area (Å²) in [7, 11) is -3.35. The van der Waals surface area contributed by atoms with Crippen molar-refractivity contribution in [2.75, 3.05) is 12.8 Å². The molecule has 6 heteroatoms. The highest BCUT2D eigenvalue weighted by Crippen LogP contribution is 2.23. The Labute approximate surface area is 132 Å². The van der Waals surface area contributed by atoms with Gasteiger partial charge in [-0.1, -0.05) is 6.07 Å². The number of rotatable bonds is 3. The van der Waals surface area contributed by atoms with E-state index in [-0.39, 0.29) is 22.9 Å². The zero-order chi connectivity index (χ0) is 16.5. The highest BCUT2D eigenvalue weighted by molar-refractivity contribution is 7.90. The average Bonchev–Trinajstić information content (AvgIpc) is 2.45. The molecule has 0 aromatic heterocycles. The molecule has 22 heavy (non-hydrogen) atoms. The predicted octanol–water partition coefficient (Wildman–Crippen LogP) is 1.74. The Morgan fingerprint density at radius 3 is 2.64 bits per heavy atom. The summed E-state index contributed by atoms with van der Waals surface area (Å²) in [5.41, 5.74) is 7.08. The van der Waals surface area contributed by atoms with E-state index in [9.17, 15) is 13.2 Å². The van der Waals surface area contributed by atoms with Gasteiger partial charge < -0.3 is 10.6 Å². The van der Waals surface area contributed by atoms with Gasteiger partial charge in [-0.25, -0.2) is 8.42 Å². The van der Waals surface area contributed by atoms with Gasteiger partial charge in [-0.2, -0.15) is 0 Å². The zero-order valence-electron chi connectivity index (χ0n) is 13.4. The third kappa shape index (κ3) is 3.50. The summed E-state index contributed by atoms with van der Waals surface area (Å²) in [6.45, 7) is 4.32. The number of likely N-dealkylation sites (tertiary alicyclic amines) is 1. The van der Waals surface area contributed by atoms with Crippen molar-refractivity contribution < 1.29 is 13.2 Å². The largest absolute Gasteiger partial charge is 0.334 e. The summed E-state index contributed by atoms with van der Waals surface area (Å²) in [4.78, 5) is 14.8. The maximum atomic E-state index is 12.8. The van der Waals surface area contributed by atoms with Crippen molar-refractivity contribution in [2.45, 2.75) is 50.1 Å². The zero-order valence-corrected chi connectivity index (χ0v) is 14.2. The number of nitrogens with two attached hydrogens (primary N) is 1. The van der Waals surface area contributed by atoms with E-state index in [1.807, 2.05) is 6.92 Å². The molecule has 1 heterocycles. The van der Waals surface area contributed by atoms with Crippen LogP contribution < -0.4 is 5.73 Å². The summed E-state index contributed by atoms with van der Waals surface area (Å²) in [6, 6.07) is 4.79. The summed E-state index contributed by atoms with van der Waals surface area (Å²) >= 11 is 0. The summed E-state index contributed by atoms with van der Waals surface area (Å²) in [5, 5.41) is 0. The van der Waals surface area contributed by atoms with Gasteiger partial charge >= 0.3 is 0 Å². The van der Waals surface area contributed by atoms with Crippen molar-refractivity contribution in [3.05, 3.63) is 29.3 Å². The molecule has 0 saturated carbocycles. The van der Waals surface area contributed by atoms with Crippen LogP contribution in [-0.2, 0) is 9.84 Å². The fourth-order valence-corrected chi connectivity index (χ4v) is 4.05. The highest BCUT2D eigenvalue weighted by atomic mass is 32.2. The molecule has 0 aliphatic carbocycles. The van der Waals surface area contributed by atoms with Gasteiger partial charge in [0.1, 0.15) is 0 Å². The molecule has 0 unspecified atom stereocenters.